The summed E-state index contributed by atoms with van der Waals surface area (Å²) in [6, 6.07) is 10.8. The Kier molecular flexibility index (Phi) is 3.95. The topological polar surface area (TPSA) is 84.3 Å². The zero-order chi connectivity index (χ0) is 14.6. The molecule has 2 aromatic rings. The molecule has 102 valence electrons. The molecule has 0 fully saturated rings. The monoisotopic (exact) mass is 289 g/mol. The van der Waals surface area contributed by atoms with E-state index in [9.17, 15) is 13.2 Å². The van der Waals surface area contributed by atoms with Crippen molar-refractivity contribution in [3.05, 3.63) is 60.3 Å². The van der Waals surface area contributed by atoms with Gasteiger partial charge in [-0.3, -0.25) is 0 Å². The second kappa shape index (κ2) is 5.66. The number of sulfone groups is 1. The van der Waals surface area contributed by atoms with E-state index in [0.717, 1.165) is 6.08 Å². The standard InChI is InChI=1S/C14H11NO4S/c16-14(17)9-7-11-6-8-13(15-10-11)20(18,19)12-4-2-1-3-5-12/h1-10H,(H,16,17)/b9-7+. The molecule has 1 aromatic heterocycles. The maximum Gasteiger partial charge on any atom is 0.328 e. The van der Waals surface area contributed by atoms with Crippen molar-refractivity contribution in [2.75, 3.05) is 0 Å². The summed E-state index contributed by atoms with van der Waals surface area (Å²) in [5, 5.41) is 8.43. The number of hydrogen-bond donors (Lipinski definition) is 1. The fourth-order valence-corrected chi connectivity index (χ4v) is 2.73. The van der Waals surface area contributed by atoms with Gasteiger partial charge in [-0.2, -0.15) is 0 Å². The Balaban J connectivity index is 2.33. The van der Waals surface area contributed by atoms with E-state index < -0.39 is 15.8 Å². The smallest absolute Gasteiger partial charge is 0.328 e. The second-order valence-electron chi connectivity index (χ2n) is 3.92. The lowest BCUT2D eigenvalue weighted by molar-refractivity contribution is -0.131. The van der Waals surface area contributed by atoms with Gasteiger partial charge in [0.1, 0.15) is 0 Å². The van der Waals surface area contributed by atoms with Crippen molar-refractivity contribution in [3.8, 4) is 0 Å². The van der Waals surface area contributed by atoms with E-state index in [1.807, 2.05) is 0 Å². The summed E-state index contributed by atoms with van der Waals surface area (Å²) in [4.78, 5) is 14.4. The van der Waals surface area contributed by atoms with Gasteiger partial charge in [0.2, 0.25) is 9.84 Å². The number of carboxylic acid groups (broad SMARTS) is 1. The number of rotatable bonds is 4. The predicted octanol–water partition coefficient (Wildman–Crippen LogP) is 2.01. The van der Waals surface area contributed by atoms with Crippen molar-refractivity contribution in [3.63, 3.8) is 0 Å². The lowest BCUT2D eigenvalue weighted by Gasteiger charge is -2.03. The van der Waals surface area contributed by atoms with E-state index in [2.05, 4.69) is 4.98 Å². The first kappa shape index (κ1) is 14.0. The molecule has 0 saturated heterocycles. The number of carbonyl (C=O) groups is 1. The van der Waals surface area contributed by atoms with Crippen LogP contribution in [0.3, 0.4) is 0 Å². The summed E-state index contributed by atoms with van der Waals surface area (Å²) < 4.78 is 24.5. The molecular weight excluding hydrogens is 278 g/mol. The maximum atomic E-state index is 12.2. The van der Waals surface area contributed by atoms with Crippen LogP contribution in [0.5, 0.6) is 0 Å². The summed E-state index contributed by atoms with van der Waals surface area (Å²) in [7, 11) is -3.64. The highest BCUT2D eigenvalue weighted by molar-refractivity contribution is 7.91. The van der Waals surface area contributed by atoms with Gasteiger partial charge in [0.25, 0.3) is 0 Å². The van der Waals surface area contributed by atoms with Gasteiger partial charge in [-0.25, -0.2) is 18.2 Å². The zero-order valence-corrected chi connectivity index (χ0v) is 11.1. The van der Waals surface area contributed by atoms with E-state index in [-0.39, 0.29) is 9.92 Å². The maximum absolute atomic E-state index is 12.2. The molecule has 1 N–H and O–H groups in total. The first-order chi connectivity index (χ1) is 9.50. The van der Waals surface area contributed by atoms with Gasteiger partial charge in [0.05, 0.1) is 4.90 Å². The fourth-order valence-electron chi connectivity index (χ4n) is 1.54. The summed E-state index contributed by atoms with van der Waals surface area (Å²) in [5.74, 6) is -1.08. The molecular formula is C14H11NO4S. The summed E-state index contributed by atoms with van der Waals surface area (Å²) >= 11 is 0. The number of pyridine rings is 1. The minimum absolute atomic E-state index is 0.0730. The van der Waals surface area contributed by atoms with Gasteiger partial charge < -0.3 is 5.11 Å². The Labute approximate surface area is 116 Å². The van der Waals surface area contributed by atoms with Crippen molar-refractivity contribution in [1.82, 2.24) is 4.98 Å². The van der Waals surface area contributed by atoms with Gasteiger partial charge in [0, 0.05) is 12.3 Å². The van der Waals surface area contributed by atoms with Gasteiger partial charge in [-0.15, -0.1) is 0 Å². The third-order valence-corrected chi connectivity index (χ3v) is 4.19. The molecule has 0 saturated carbocycles. The van der Waals surface area contributed by atoms with Gasteiger partial charge in [-0.05, 0) is 29.8 Å². The number of nitrogens with zero attached hydrogens (tertiary/aromatic N) is 1. The van der Waals surface area contributed by atoms with E-state index in [4.69, 9.17) is 5.11 Å². The minimum Gasteiger partial charge on any atom is -0.478 e. The lowest BCUT2D eigenvalue weighted by atomic mass is 10.2. The van der Waals surface area contributed by atoms with Crippen LogP contribution in [-0.2, 0) is 14.6 Å². The van der Waals surface area contributed by atoms with Crippen LogP contribution in [-0.4, -0.2) is 24.5 Å². The van der Waals surface area contributed by atoms with Crippen LogP contribution < -0.4 is 0 Å². The number of aromatic nitrogens is 1. The normalized spacial score (nSPS) is 11.6. The Bertz CT molecular complexity index is 735. The first-order valence-electron chi connectivity index (χ1n) is 5.67. The van der Waals surface area contributed by atoms with Crippen molar-refractivity contribution in [2.45, 2.75) is 9.92 Å². The first-order valence-corrected chi connectivity index (χ1v) is 7.16. The van der Waals surface area contributed by atoms with Crippen LogP contribution in [0.15, 0.2) is 64.7 Å². The number of benzene rings is 1. The number of aliphatic carboxylic acids is 1. The SMILES string of the molecule is O=C(O)/C=C/c1ccc(S(=O)(=O)c2ccccc2)nc1. The zero-order valence-electron chi connectivity index (χ0n) is 10.3. The van der Waals surface area contributed by atoms with E-state index >= 15 is 0 Å². The Morgan fingerprint density at radius 1 is 1.10 bits per heavy atom. The van der Waals surface area contributed by atoms with Crippen LogP contribution in [0.4, 0.5) is 0 Å². The summed E-state index contributed by atoms with van der Waals surface area (Å²) in [6.07, 6.45) is 3.62. The highest BCUT2D eigenvalue weighted by Crippen LogP contribution is 2.18. The van der Waals surface area contributed by atoms with Crippen LogP contribution in [0.1, 0.15) is 5.56 Å². The van der Waals surface area contributed by atoms with Crippen LogP contribution in [0.25, 0.3) is 6.08 Å². The molecule has 0 aliphatic rings. The highest BCUT2D eigenvalue weighted by Gasteiger charge is 2.18. The van der Waals surface area contributed by atoms with Gasteiger partial charge >= 0.3 is 5.97 Å². The molecule has 0 atom stereocenters. The molecule has 5 nitrogen and oxygen atoms in total. The van der Waals surface area contributed by atoms with E-state index in [1.54, 1.807) is 18.2 Å². The molecule has 6 heteroatoms. The lowest BCUT2D eigenvalue weighted by Crippen LogP contribution is -2.04. The molecule has 0 spiro atoms. The Morgan fingerprint density at radius 2 is 1.80 bits per heavy atom. The molecule has 0 aliphatic heterocycles. The van der Waals surface area contributed by atoms with Crippen LogP contribution in [0, 0.1) is 0 Å². The van der Waals surface area contributed by atoms with Crippen LogP contribution in [0.2, 0.25) is 0 Å². The van der Waals surface area contributed by atoms with E-state index in [1.165, 1.54) is 36.5 Å². The molecule has 1 aromatic carbocycles. The second-order valence-corrected chi connectivity index (χ2v) is 5.81. The largest absolute Gasteiger partial charge is 0.478 e. The average molecular weight is 289 g/mol. The predicted molar refractivity (Wildman–Crippen MR) is 72.8 cm³/mol. The molecule has 2 rings (SSSR count). The molecule has 20 heavy (non-hydrogen) atoms. The van der Waals surface area contributed by atoms with Crippen molar-refractivity contribution >= 4 is 21.9 Å². The van der Waals surface area contributed by atoms with Crippen LogP contribution >= 0.6 is 0 Å². The molecule has 1 heterocycles. The quantitative estimate of drug-likeness (QED) is 0.870. The Hall–Kier alpha value is -2.47. The van der Waals surface area contributed by atoms with Crippen molar-refractivity contribution < 1.29 is 18.3 Å². The summed E-state index contributed by atoms with van der Waals surface area (Å²) in [6.45, 7) is 0. The average Bonchev–Trinajstić information content (AvgIpc) is 2.46. The molecule has 0 amide bonds. The number of carboxylic acids is 1. The molecule has 0 unspecified atom stereocenters. The molecule has 0 radical (unpaired) electrons. The minimum atomic E-state index is -3.64. The third-order valence-electron chi connectivity index (χ3n) is 2.51. The van der Waals surface area contributed by atoms with Gasteiger partial charge in [-0.1, -0.05) is 24.3 Å². The number of hydrogen-bond acceptors (Lipinski definition) is 4. The van der Waals surface area contributed by atoms with E-state index in [0.29, 0.717) is 5.56 Å². The van der Waals surface area contributed by atoms with Crippen molar-refractivity contribution in [2.24, 2.45) is 0 Å². The van der Waals surface area contributed by atoms with Crippen molar-refractivity contribution in [1.29, 1.82) is 0 Å². The Morgan fingerprint density at radius 3 is 2.35 bits per heavy atom. The molecule has 0 aliphatic carbocycles. The molecule has 0 bridgehead atoms. The third kappa shape index (κ3) is 3.10. The summed E-state index contributed by atoms with van der Waals surface area (Å²) in [5.41, 5.74) is 0.513. The van der Waals surface area contributed by atoms with Gasteiger partial charge in [0.15, 0.2) is 5.03 Å². The fraction of sp³-hybridized carbons (Fsp3) is 0. The highest BCUT2D eigenvalue weighted by atomic mass is 32.2.